The van der Waals surface area contributed by atoms with Crippen LogP contribution < -0.4 is 21.5 Å². The summed E-state index contributed by atoms with van der Waals surface area (Å²) in [5.41, 5.74) is 12.6. The van der Waals surface area contributed by atoms with E-state index in [-0.39, 0.29) is 22.9 Å². The summed E-state index contributed by atoms with van der Waals surface area (Å²) in [4.78, 5) is 33.0. The molecule has 0 saturated heterocycles. The summed E-state index contributed by atoms with van der Waals surface area (Å²) in [6, 6.07) is 21.3. The standard InChI is InChI=1S/C31H33N5O2/c1-19-24(7-6-8-25(19)34-29(37)21-9-13-22(14-10-21)31(2,3)4)26-18-35(5)30(38)28(33-26)36-23-15-11-20(12-16-23)27(36)17-32/h6-16,18,27H,17,32H2,1-5H3,(H,34,37). The quantitative estimate of drug-likeness (QED) is 0.374. The third kappa shape index (κ3) is 4.50. The largest absolute Gasteiger partial charge is 0.328 e. The molecule has 6 rings (SSSR count). The van der Waals surface area contributed by atoms with Crippen LogP contribution >= 0.6 is 0 Å². The minimum absolute atomic E-state index is 0.0171. The Kier molecular flexibility index (Phi) is 6.41. The maximum atomic E-state index is 13.2. The number of carbonyl (C=O) groups is 1. The summed E-state index contributed by atoms with van der Waals surface area (Å²) >= 11 is 0. The van der Waals surface area contributed by atoms with Crippen LogP contribution in [0, 0.1) is 6.92 Å². The highest BCUT2D eigenvalue weighted by atomic mass is 16.1. The number of hydrogen-bond donors (Lipinski definition) is 2. The normalized spacial score (nSPS) is 14.6. The van der Waals surface area contributed by atoms with E-state index in [4.69, 9.17) is 10.7 Å². The minimum atomic E-state index is -0.199. The number of fused-ring (bicyclic) bond motifs is 3. The fourth-order valence-corrected chi connectivity index (χ4v) is 4.94. The molecule has 3 heterocycles. The smallest absolute Gasteiger partial charge is 0.293 e. The van der Waals surface area contributed by atoms with Crippen molar-refractivity contribution in [3.05, 3.63) is 106 Å². The molecule has 194 valence electrons. The van der Waals surface area contributed by atoms with E-state index in [9.17, 15) is 9.59 Å². The number of carbonyl (C=O) groups excluding carboxylic acids is 1. The summed E-state index contributed by atoms with van der Waals surface area (Å²) in [6.07, 6.45) is 1.73. The van der Waals surface area contributed by atoms with Gasteiger partial charge in [-0.1, -0.05) is 57.2 Å². The second kappa shape index (κ2) is 9.58. The molecule has 2 aliphatic rings. The molecule has 38 heavy (non-hydrogen) atoms. The Morgan fingerprint density at radius 1 is 1.03 bits per heavy atom. The highest BCUT2D eigenvalue weighted by Crippen LogP contribution is 2.38. The predicted octanol–water partition coefficient (Wildman–Crippen LogP) is 5.46. The molecule has 3 N–H and O–H groups in total. The number of nitrogens with zero attached hydrogens (tertiary/aromatic N) is 3. The van der Waals surface area contributed by atoms with Gasteiger partial charge in [0.15, 0.2) is 0 Å². The van der Waals surface area contributed by atoms with Crippen LogP contribution in [0.15, 0.2) is 77.7 Å². The topological polar surface area (TPSA) is 93.2 Å². The summed E-state index contributed by atoms with van der Waals surface area (Å²) in [6.45, 7) is 8.74. The fraction of sp³-hybridized carbons (Fsp3) is 0.258. The lowest BCUT2D eigenvalue weighted by atomic mass is 9.86. The average molecular weight is 508 g/mol. The van der Waals surface area contributed by atoms with Gasteiger partial charge >= 0.3 is 0 Å². The zero-order valence-electron chi connectivity index (χ0n) is 22.4. The molecule has 0 aliphatic carbocycles. The number of nitrogens with one attached hydrogen (secondary N) is 1. The van der Waals surface area contributed by atoms with Crippen LogP contribution in [0.25, 0.3) is 11.3 Å². The zero-order valence-corrected chi connectivity index (χ0v) is 22.4. The third-order valence-electron chi connectivity index (χ3n) is 7.24. The third-order valence-corrected chi connectivity index (χ3v) is 7.24. The molecule has 0 fully saturated rings. The van der Waals surface area contributed by atoms with Gasteiger partial charge in [-0.3, -0.25) is 9.59 Å². The van der Waals surface area contributed by atoms with Gasteiger partial charge in [0.2, 0.25) is 5.82 Å². The summed E-state index contributed by atoms with van der Waals surface area (Å²) < 4.78 is 1.55. The molecule has 0 spiro atoms. The lowest BCUT2D eigenvalue weighted by Crippen LogP contribution is -2.38. The molecule has 0 saturated carbocycles. The first-order valence-electron chi connectivity index (χ1n) is 12.8. The van der Waals surface area contributed by atoms with Crippen molar-refractivity contribution in [1.82, 2.24) is 9.55 Å². The lowest BCUT2D eigenvalue weighted by molar-refractivity contribution is 0.102. The van der Waals surface area contributed by atoms with Gasteiger partial charge in [0, 0.05) is 42.3 Å². The van der Waals surface area contributed by atoms with Gasteiger partial charge in [0.05, 0.1) is 11.7 Å². The number of aryl methyl sites for hydroxylation is 1. The molecular formula is C31H33N5O2. The SMILES string of the molecule is Cc1c(NC(=O)c2ccc(C(C)(C)C)cc2)cccc1-c1cn(C)c(=O)c(N2c3ccc(cc3)C2CN)n1. The van der Waals surface area contributed by atoms with Crippen molar-refractivity contribution < 1.29 is 4.79 Å². The van der Waals surface area contributed by atoms with Crippen LogP contribution in [0.3, 0.4) is 0 Å². The summed E-state index contributed by atoms with van der Waals surface area (Å²) in [7, 11) is 1.72. The van der Waals surface area contributed by atoms with Crippen molar-refractivity contribution in [3.63, 3.8) is 0 Å². The maximum absolute atomic E-state index is 13.2. The van der Waals surface area contributed by atoms with Crippen molar-refractivity contribution in [2.24, 2.45) is 12.8 Å². The Labute approximate surface area is 223 Å². The molecule has 1 atom stereocenters. The van der Waals surface area contributed by atoms with E-state index < -0.39 is 0 Å². The Morgan fingerprint density at radius 3 is 2.34 bits per heavy atom. The molecule has 1 unspecified atom stereocenters. The van der Waals surface area contributed by atoms with Crippen molar-refractivity contribution in [2.45, 2.75) is 39.2 Å². The molecule has 4 aromatic rings. The number of hydrogen-bond acceptors (Lipinski definition) is 5. The lowest BCUT2D eigenvalue weighted by Gasteiger charge is -2.36. The van der Waals surface area contributed by atoms with Crippen LogP contribution in [-0.2, 0) is 12.5 Å². The summed E-state index contributed by atoms with van der Waals surface area (Å²) in [5, 5.41) is 3.05. The van der Waals surface area contributed by atoms with E-state index in [1.54, 1.807) is 17.8 Å². The average Bonchev–Trinajstić information content (AvgIpc) is 2.91. The van der Waals surface area contributed by atoms with Crippen LogP contribution in [0.2, 0.25) is 0 Å². The van der Waals surface area contributed by atoms with E-state index in [2.05, 4.69) is 26.1 Å². The molecule has 7 nitrogen and oxygen atoms in total. The first kappa shape index (κ1) is 25.4. The fourth-order valence-electron chi connectivity index (χ4n) is 4.94. The zero-order chi connectivity index (χ0) is 27.2. The minimum Gasteiger partial charge on any atom is -0.328 e. The predicted molar refractivity (Wildman–Crippen MR) is 153 cm³/mol. The molecule has 3 aromatic carbocycles. The Hall–Kier alpha value is -4.23. The van der Waals surface area contributed by atoms with Gasteiger partial charge in [0.1, 0.15) is 0 Å². The van der Waals surface area contributed by atoms with Gasteiger partial charge in [-0.05, 0) is 59.4 Å². The second-order valence-electron chi connectivity index (χ2n) is 10.8. The van der Waals surface area contributed by atoms with E-state index in [1.165, 1.54) is 5.56 Å². The number of amides is 1. The van der Waals surface area contributed by atoms with E-state index in [0.717, 1.165) is 22.4 Å². The van der Waals surface area contributed by atoms with E-state index >= 15 is 0 Å². The highest BCUT2D eigenvalue weighted by molar-refractivity contribution is 6.05. The van der Waals surface area contributed by atoms with Crippen LogP contribution in [0.4, 0.5) is 17.2 Å². The van der Waals surface area contributed by atoms with Crippen LogP contribution in [-0.4, -0.2) is 22.0 Å². The number of anilines is 3. The first-order valence-corrected chi connectivity index (χ1v) is 12.8. The molecular weight excluding hydrogens is 474 g/mol. The van der Waals surface area contributed by atoms with Crippen molar-refractivity contribution in [3.8, 4) is 11.3 Å². The number of rotatable bonds is 5. The van der Waals surface area contributed by atoms with E-state index in [1.807, 2.05) is 78.6 Å². The first-order chi connectivity index (χ1) is 18.1. The second-order valence-corrected chi connectivity index (χ2v) is 10.8. The van der Waals surface area contributed by atoms with Crippen LogP contribution in [0.1, 0.15) is 53.9 Å². The molecule has 2 bridgehead atoms. The molecule has 2 aliphatic heterocycles. The molecule has 0 radical (unpaired) electrons. The maximum Gasteiger partial charge on any atom is 0.293 e. The van der Waals surface area contributed by atoms with Crippen molar-refractivity contribution in [2.75, 3.05) is 16.8 Å². The Balaban J connectivity index is 1.49. The van der Waals surface area contributed by atoms with Gasteiger partial charge in [-0.25, -0.2) is 4.98 Å². The van der Waals surface area contributed by atoms with E-state index in [0.29, 0.717) is 29.3 Å². The summed E-state index contributed by atoms with van der Waals surface area (Å²) in [5.74, 6) is 0.149. The Morgan fingerprint density at radius 2 is 1.71 bits per heavy atom. The van der Waals surface area contributed by atoms with Gasteiger partial charge < -0.3 is 20.5 Å². The van der Waals surface area contributed by atoms with Crippen molar-refractivity contribution in [1.29, 1.82) is 0 Å². The monoisotopic (exact) mass is 507 g/mol. The number of aromatic nitrogens is 2. The highest BCUT2D eigenvalue weighted by Gasteiger charge is 2.29. The molecule has 1 amide bonds. The molecule has 1 aromatic heterocycles. The van der Waals surface area contributed by atoms with Gasteiger partial charge in [0.25, 0.3) is 11.5 Å². The van der Waals surface area contributed by atoms with Crippen LogP contribution in [0.5, 0.6) is 0 Å². The molecule has 7 heteroatoms. The number of nitrogens with two attached hydrogens (primary N) is 1. The van der Waals surface area contributed by atoms with Gasteiger partial charge in [-0.2, -0.15) is 0 Å². The Bertz CT molecular complexity index is 1560. The number of benzene rings is 3. The van der Waals surface area contributed by atoms with Crippen molar-refractivity contribution >= 4 is 23.1 Å². The van der Waals surface area contributed by atoms with Gasteiger partial charge in [-0.15, -0.1) is 0 Å².